The molecule has 0 aliphatic carbocycles. The van der Waals surface area contributed by atoms with Crippen LogP contribution in [-0.4, -0.2) is 22.9 Å². The summed E-state index contributed by atoms with van der Waals surface area (Å²) in [6.45, 7) is 6.93. The van der Waals surface area contributed by atoms with Gasteiger partial charge in [-0.05, 0) is 33.2 Å². The van der Waals surface area contributed by atoms with E-state index in [2.05, 4.69) is 22.0 Å². The predicted octanol–water partition coefficient (Wildman–Crippen LogP) is 0.883. The summed E-state index contributed by atoms with van der Waals surface area (Å²) >= 11 is 0. The van der Waals surface area contributed by atoms with Crippen molar-refractivity contribution in [3.05, 3.63) is 17.0 Å². The van der Waals surface area contributed by atoms with Gasteiger partial charge in [0.2, 0.25) is 0 Å². The highest BCUT2D eigenvalue weighted by Crippen LogP contribution is 2.21. The molecule has 0 radical (unpaired) electrons. The van der Waals surface area contributed by atoms with Crippen molar-refractivity contribution in [1.29, 1.82) is 0 Å². The van der Waals surface area contributed by atoms with Gasteiger partial charge in [0, 0.05) is 24.3 Å². The molecular weight excluding hydrogens is 188 g/mol. The molecule has 0 aromatic carbocycles. The van der Waals surface area contributed by atoms with Crippen molar-refractivity contribution in [3.63, 3.8) is 0 Å². The minimum atomic E-state index is 0.512. The van der Waals surface area contributed by atoms with Crippen LogP contribution in [0.5, 0.6) is 0 Å². The molecule has 3 N–H and O–H groups in total. The number of hydrogen-bond acceptors (Lipinski definition) is 3. The lowest BCUT2D eigenvalue weighted by Gasteiger charge is -2.24. The van der Waals surface area contributed by atoms with E-state index in [1.807, 2.05) is 6.92 Å². The Morgan fingerprint density at radius 2 is 2.33 bits per heavy atom. The lowest BCUT2D eigenvalue weighted by atomic mass is 10.1. The molecule has 0 amide bonds. The van der Waals surface area contributed by atoms with E-state index in [9.17, 15) is 0 Å². The molecule has 1 unspecified atom stereocenters. The fraction of sp³-hybridized carbons (Fsp3) is 0.727. The topological polar surface area (TPSA) is 55.9 Å². The molecule has 1 atom stereocenters. The van der Waals surface area contributed by atoms with Crippen molar-refractivity contribution in [1.82, 2.24) is 15.1 Å². The Morgan fingerprint density at radius 3 is 2.87 bits per heavy atom. The van der Waals surface area contributed by atoms with Gasteiger partial charge in [-0.25, -0.2) is 0 Å². The lowest BCUT2D eigenvalue weighted by molar-refractivity contribution is 0.341. The highest BCUT2D eigenvalue weighted by Gasteiger charge is 2.19. The zero-order valence-corrected chi connectivity index (χ0v) is 9.58. The fourth-order valence-corrected chi connectivity index (χ4v) is 2.39. The van der Waals surface area contributed by atoms with Crippen molar-refractivity contribution in [2.75, 3.05) is 13.1 Å². The molecule has 2 heterocycles. The van der Waals surface area contributed by atoms with E-state index in [1.165, 1.54) is 24.1 Å². The molecule has 1 aliphatic heterocycles. The molecular formula is C11H20N4. The SMILES string of the molecule is Cc1nn(C2CCCNC2)c(C)c1CN. The van der Waals surface area contributed by atoms with Gasteiger partial charge in [0.25, 0.3) is 0 Å². The molecule has 1 aliphatic rings. The van der Waals surface area contributed by atoms with Crippen molar-refractivity contribution in [3.8, 4) is 0 Å². The largest absolute Gasteiger partial charge is 0.326 e. The van der Waals surface area contributed by atoms with Crippen LogP contribution in [0.15, 0.2) is 0 Å². The number of piperidine rings is 1. The Balaban J connectivity index is 2.27. The van der Waals surface area contributed by atoms with E-state index >= 15 is 0 Å². The molecule has 2 rings (SSSR count). The van der Waals surface area contributed by atoms with Crippen molar-refractivity contribution < 1.29 is 0 Å². The van der Waals surface area contributed by atoms with Gasteiger partial charge in [-0.1, -0.05) is 0 Å². The first-order chi connectivity index (χ1) is 7.24. The van der Waals surface area contributed by atoms with Gasteiger partial charge in [0.05, 0.1) is 11.7 Å². The predicted molar refractivity (Wildman–Crippen MR) is 60.7 cm³/mol. The molecule has 1 aromatic heterocycles. The van der Waals surface area contributed by atoms with Gasteiger partial charge in [0.15, 0.2) is 0 Å². The minimum absolute atomic E-state index is 0.512. The Labute approximate surface area is 90.8 Å². The second kappa shape index (κ2) is 4.33. The van der Waals surface area contributed by atoms with Gasteiger partial charge >= 0.3 is 0 Å². The van der Waals surface area contributed by atoms with Gasteiger partial charge in [-0.2, -0.15) is 5.10 Å². The van der Waals surface area contributed by atoms with E-state index in [-0.39, 0.29) is 0 Å². The van der Waals surface area contributed by atoms with Crippen LogP contribution < -0.4 is 11.1 Å². The Hall–Kier alpha value is -0.870. The highest BCUT2D eigenvalue weighted by molar-refractivity contribution is 5.24. The maximum absolute atomic E-state index is 5.73. The van der Waals surface area contributed by atoms with E-state index in [0.29, 0.717) is 12.6 Å². The maximum Gasteiger partial charge on any atom is 0.0647 e. The zero-order chi connectivity index (χ0) is 10.8. The van der Waals surface area contributed by atoms with E-state index in [1.54, 1.807) is 0 Å². The standard InChI is InChI=1S/C11H20N4/c1-8-11(6-12)9(2)15(14-8)10-4-3-5-13-7-10/h10,13H,3-7,12H2,1-2H3. The minimum Gasteiger partial charge on any atom is -0.326 e. The monoisotopic (exact) mass is 208 g/mol. The summed E-state index contributed by atoms with van der Waals surface area (Å²) in [6, 6.07) is 0.512. The quantitative estimate of drug-likeness (QED) is 0.758. The summed E-state index contributed by atoms with van der Waals surface area (Å²) in [6.07, 6.45) is 2.46. The average molecular weight is 208 g/mol. The van der Waals surface area contributed by atoms with Gasteiger partial charge in [-0.15, -0.1) is 0 Å². The third-order valence-corrected chi connectivity index (χ3v) is 3.30. The number of nitrogens with zero attached hydrogens (tertiary/aromatic N) is 2. The van der Waals surface area contributed by atoms with Gasteiger partial charge in [0.1, 0.15) is 0 Å². The van der Waals surface area contributed by atoms with E-state index in [4.69, 9.17) is 5.73 Å². The van der Waals surface area contributed by atoms with Gasteiger partial charge < -0.3 is 11.1 Å². The van der Waals surface area contributed by atoms with Crippen molar-refractivity contribution in [2.24, 2.45) is 5.73 Å². The van der Waals surface area contributed by atoms with Crippen LogP contribution >= 0.6 is 0 Å². The molecule has 1 saturated heterocycles. The maximum atomic E-state index is 5.73. The number of rotatable bonds is 2. The summed E-state index contributed by atoms with van der Waals surface area (Å²) in [4.78, 5) is 0. The Bertz CT molecular complexity index is 337. The number of aromatic nitrogens is 2. The Morgan fingerprint density at radius 1 is 1.53 bits per heavy atom. The first-order valence-electron chi connectivity index (χ1n) is 5.69. The third kappa shape index (κ3) is 1.92. The molecule has 0 saturated carbocycles. The van der Waals surface area contributed by atoms with Crippen LogP contribution in [0.1, 0.15) is 35.8 Å². The fourth-order valence-electron chi connectivity index (χ4n) is 2.39. The van der Waals surface area contributed by atoms with Crippen LogP contribution in [0, 0.1) is 13.8 Å². The molecule has 0 bridgehead atoms. The molecule has 1 fully saturated rings. The van der Waals surface area contributed by atoms with Crippen molar-refractivity contribution in [2.45, 2.75) is 39.3 Å². The first-order valence-corrected chi connectivity index (χ1v) is 5.69. The number of nitrogens with one attached hydrogen (secondary N) is 1. The summed E-state index contributed by atoms with van der Waals surface area (Å²) in [5, 5.41) is 8.02. The summed E-state index contributed by atoms with van der Waals surface area (Å²) in [5.74, 6) is 0. The molecule has 4 nitrogen and oxygen atoms in total. The zero-order valence-electron chi connectivity index (χ0n) is 9.58. The molecule has 0 spiro atoms. The van der Waals surface area contributed by atoms with Crippen LogP contribution in [-0.2, 0) is 6.54 Å². The molecule has 15 heavy (non-hydrogen) atoms. The van der Waals surface area contributed by atoms with Crippen LogP contribution in [0.25, 0.3) is 0 Å². The van der Waals surface area contributed by atoms with Crippen molar-refractivity contribution >= 4 is 0 Å². The van der Waals surface area contributed by atoms with Gasteiger partial charge in [-0.3, -0.25) is 4.68 Å². The summed E-state index contributed by atoms with van der Waals surface area (Å²) in [7, 11) is 0. The molecule has 4 heteroatoms. The second-order valence-corrected chi connectivity index (χ2v) is 4.30. The number of aryl methyl sites for hydroxylation is 1. The van der Waals surface area contributed by atoms with Crippen LogP contribution in [0.3, 0.4) is 0 Å². The van der Waals surface area contributed by atoms with E-state index < -0.39 is 0 Å². The normalized spacial score (nSPS) is 21.9. The average Bonchev–Trinajstić information content (AvgIpc) is 2.55. The second-order valence-electron chi connectivity index (χ2n) is 4.30. The molecule has 84 valence electrons. The smallest absolute Gasteiger partial charge is 0.0647 e. The summed E-state index contributed by atoms with van der Waals surface area (Å²) < 4.78 is 2.16. The third-order valence-electron chi connectivity index (χ3n) is 3.30. The summed E-state index contributed by atoms with van der Waals surface area (Å²) in [5.41, 5.74) is 9.26. The molecule has 1 aromatic rings. The highest BCUT2D eigenvalue weighted by atomic mass is 15.3. The first kappa shape index (κ1) is 10.6. The lowest BCUT2D eigenvalue weighted by Crippen LogP contribution is -2.32. The van der Waals surface area contributed by atoms with E-state index in [0.717, 1.165) is 18.8 Å². The number of nitrogens with two attached hydrogens (primary N) is 1. The van der Waals surface area contributed by atoms with Crippen LogP contribution in [0.4, 0.5) is 0 Å². The number of hydrogen-bond donors (Lipinski definition) is 2. The van der Waals surface area contributed by atoms with Crippen LogP contribution in [0.2, 0.25) is 0 Å². The Kier molecular flexibility index (Phi) is 3.07.